The quantitative estimate of drug-likeness (QED) is 0.905. The number of carbonyl (C=O) groups excluding carboxylic acids is 2. The molecule has 1 atom stereocenters. The molecule has 18 heavy (non-hydrogen) atoms. The van der Waals surface area contributed by atoms with Crippen molar-refractivity contribution in [3.8, 4) is 0 Å². The van der Waals surface area contributed by atoms with Crippen LogP contribution in [0.4, 0.5) is 0 Å². The molecule has 4 nitrogen and oxygen atoms in total. The summed E-state index contributed by atoms with van der Waals surface area (Å²) < 4.78 is 0. The van der Waals surface area contributed by atoms with E-state index in [2.05, 4.69) is 18.3 Å². The summed E-state index contributed by atoms with van der Waals surface area (Å²) in [5.74, 6) is 0.0109. The van der Waals surface area contributed by atoms with E-state index in [0.29, 0.717) is 25.9 Å². The zero-order chi connectivity index (χ0) is 13.1. The smallest absolute Gasteiger partial charge is 0.245 e. The molecule has 1 unspecified atom stereocenters. The minimum atomic E-state index is -0.361. The highest BCUT2D eigenvalue weighted by molar-refractivity contribution is 7.10. The lowest BCUT2D eigenvalue weighted by molar-refractivity contribution is -0.134. The Bertz CT molecular complexity index is 456. The third kappa shape index (κ3) is 2.72. The lowest BCUT2D eigenvalue weighted by atomic mass is 10.2. The van der Waals surface area contributed by atoms with Gasteiger partial charge in [0.05, 0.1) is 6.54 Å². The number of nitrogens with zero attached hydrogens (tertiary/aromatic N) is 1. The molecule has 0 saturated carbocycles. The van der Waals surface area contributed by atoms with Gasteiger partial charge in [-0.05, 0) is 30.4 Å². The van der Waals surface area contributed by atoms with Gasteiger partial charge in [0.25, 0.3) is 0 Å². The van der Waals surface area contributed by atoms with Crippen molar-refractivity contribution in [1.29, 1.82) is 0 Å². The second-order valence-corrected chi connectivity index (χ2v) is 5.57. The van der Waals surface area contributed by atoms with Gasteiger partial charge < -0.3 is 10.2 Å². The van der Waals surface area contributed by atoms with Crippen molar-refractivity contribution in [1.82, 2.24) is 10.2 Å². The van der Waals surface area contributed by atoms with Crippen LogP contribution < -0.4 is 5.32 Å². The van der Waals surface area contributed by atoms with Crippen LogP contribution in [0.3, 0.4) is 0 Å². The van der Waals surface area contributed by atoms with Crippen molar-refractivity contribution in [2.24, 2.45) is 0 Å². The van der Waals surface area contributed by atoms with Crippen LogP contribution in [0.2, 0.25) is 0 Å². The molecule has 2 rings (SSSR count). The second-order valence-electron chi connectivity index (χ2n) is 4.56. The van der Waals surface area contributed by atoms with Gasteiger partial charge in [-0.3, -0.25) is 9.59 Å². The zero-order valence-electron chi connectivity index (χ0n) is 10.7. The van der Waals surface area contributed by atoms with E-state index in [1.165, 1.54) is 10.4 Å². The van der Waals surface area contributed by atoms with Gasteiger partial charge in [-0.25, -0.2) is 0 Å². The van der Waals surface area contributed by atoms with Crippen LogP contribution >= 0.6 is 11.3 Å². The second kappa shape index (κ2) is 5.52. The van der Waals surface area contributed by atoms with Gasteiger partial charge >= 0.3 is 0 Å². The maximum Gasteiger partial charge on any atom is 0.245 e. The molecule has 1 aromatic heterocycles. The van der Waals surface area contributed by atoms with Crippen LogP contribution in [0.1, 0.15) is 30.2 Å². The fourth-order valence-corrected chi connectivity index (χ4v) is 2.99. The number of aryl methyl sites for hydroxylation is 1. The summed E-state index contributed by atoms with van der Waals surface area (Å²) in [5.41, 5.74) is 1.21. The fraction of sp³-hybridized carbons (Fsp3) is 0.538. The SMILES string of the molecule is CCC1NC(=O)CCN(Cc2sccc2C)C1=O. The molecule has 1 aliphatic rings. The van der Waals surface area contributed by atoms with Gasteiger partial charge in [0.2, 0.25) is 11.8 Å². The average Bonchev–Trinajstić information content (AvgIpc) is 2.70. The summed E-state index contributed by atoms with van der Waals surface area (Å²) in [5, 5.41) is 4.81. The van der Waals surface area contributed by atoms with Gasteiger partial charge in [0.15, 0.2) is 0 Å². The number of hydrogen-bond donors (Lipinski definition) is 1. The van der Waals surface area contributed by atoms with Gasteiger partial charge in [0, 0.05) is 17.8 Å². The molecule has 0 aromatic carbocycles. The Morgan fingerprint density at radius 3 is 2.89 bits per heavy atom. The fourth-order valence-electron chi connectivity index (χ4n) is 2.07. The highest BCUT2D eigenvalue weighted by Gasteiger charge is 2.28. The summed E-state index contributed by atoms with van der Waals surface area (Å²) in [6, 6.07) is 1.70. The van der Waals surface area contributed by atoms with E-state index in [0.717, 1.165) is 0 Å². The molecule has 2 amide bonds. The van der Waals surface area contributed by atoms with Crippen molar-refractivity contribution in [3.63, 3.8) is 0 Å². The van der Waals surface area contributed by atoms with Crippen LogP contribution in [0.5, 0.6) is 0 Å². The van der Waals surface area contributed by atoms with Crippen molar-refractivity contribution in [3.05, 3.63) is 21.9 Å². The van der Waals surface area contributed by atoms with E-state index >= 15 is 0 Å². The molecule has 0 aliphatic carbocycles. The van der Waals surface area contributed by atoms with Crippen molar-refractivity contribution < 1.29 is 9.59 Å². The first kappa shape index (κ1) is 13.1. The minimum absolute atomic E-state index is 0.0272. The maximum absolute atomic E-state index is 12.3. The Morgan fingerprint density at radius 2 is 2.28 bits per heavy atom. The number of thiophene rings is 1. The topological polar surface area (TPSA) is 49.4 Å². The molecule has 0 bridgehead atoms. The molecule has 0 spiro atoms. The van der Waals surface area contributed by atoms with E-state index in [1.54, 1.807) is 16.2 Å². The Labute approximate surface area is 111 Å². The third-order valence-corrected chi connectivity index (χ3v) is 4.27. The normalized spacial score (nSPS) is 20.8. The molecule has 0 radical (unpaired) electrons. The molecule has 98 valence electrons. The van der Waals surface area contributed by atoms with Crippen molar-refractivity contribution >= 4 is 23.2 Å². The third-order valence-electron chi connectivity index (χ3n) is 3.26. The van der Waals surface area contributed by atoms with Crippen LogP contribution in [0.25, 0.3) is 0 Å². The first-order valence-corrected chi connectivity index (χ1v) is 7.11. The average molecular weight is 266 g/mol. The highest BCUT2D eigenvalue weighted by atomic mass is 32.1. The number of rotatable bonds is 3. The van der Waals surface area contributed by atoms with Gasteiger partial charge in [-0.1, -0.05) is 6.92 Å². The molecule has 1 saturated heterocycles. The molecule has 1 fully saturated rings. The molecule has 1 aromatic rings. The predicted octanol–water partition coefficient (Wildman–Crippen LogP) is 1.68. The first-order valence-electron chi connectivity index (χ1n) is 6.23. The number of amides is 2. The van der Waals surface area contributed by atoms with E-state index in [-0.39, 0.29) is 17.9 Å². The summed E-state index contributed by atoms with van der Waals surface area (Å²) in [4.78, 5) is 26.8. The van der Waals surface area contributed by atoms with Gasteiger partial charge in [-0.2, -0.15) is 0 Å². The van der Waals surface area contributed by atoms with E-state index in [4.69, 9.17) is 0 Å². The maximum atomic E-state index is 12.3. The Hall–Kier alpha value is -1.36. The number of hydrogen-bond acceptors (Lipinski definition) is 3. The van der Waals surface area contributed by atoms with Crippen LogP contribution in [-0.2, 0) is 16.1 Å². The van der Waals surface area contributed by atoms with Gasteiger partial charge in [-0.15, -0.1) is 11.3 Å². The Balaban J connectivity index is 2.13. The lowest BCUT2D eigenvalue weighted by Gasteiger charge is -2.23. The first-order chi connectivity index (χ1) is 8.61. The van der Waals surface area contributed by atoms with E-state index in [1.807, 2.05) is 12.3 Å². The summed E-state index contributed by atoms with van der Waals surface area (Å²) in [6.45, 7) is 5.10. The number of carbonyl (C=O) groups is 2. The summed E-state index contributed by atoms with van der Waals surface area (Å²) >= 11 is 1.66. The predicted molar refractivity (Wildman–Crippen MR) is 71.3 cm³/mol. The Morgan fingerprint density at radius 1 is 1.50 bits per heavy atom. The molecule has 5 heteroatoms. The molecule has 2 heterocycles. The van der Waals surface area contributed by atoms with E-state index < -0.39 is 0 Å². The molecular formula is C13H18N2O2S. The van der Waals surface area contributed by atoms with Gasteiger partial charge in [0.1, 0.15) is 6.04 Å². The molecule has 1 aliphatic heterocycles. The van der Waals surface area contributed by atoms with Crippen LogP contribution in [0.15, 0.2) is 11.4 Å². The number of nitrogens with one attached hydrogen (secondary N) is 1. The standard InChI is InChI=1S/C13H18N2O2S/c1-3-10-13(17)15(6-4-12(16)14-10)8-11-9(2)5-7-18-11/h5,7,10H,3-4,6,8H2,1-2H3,(H,14,16). The molecule has 1 N–H and O–H groups in total. The molecular weight excluding hydrogens is 248 g/mol. The monoisotopic (exact) mass is 266 g/mol. The van der Waals surface area contributed by atoms with E-state index in [9.17, 15) is 9.59 Å². The largest absolute Gasteiger partial charge is 0.344 e. The highest BCUT2D eigenvalue weighted by Crippen LogP contribution is 2.19. The summed E-state index contributed by atoms with van der Waals surface area (Å²) in [7, 11) is 0. The lowest BCUT2D eigenvalue weighted by Crippen LogP contribution is -2.43. The Kier molecular flexibility index (Phi) is 4.01. The minimum Gasteiger partial charge on any atom is -0.344 e. The summed E-state index contributed by atoms with van der Waals surface area (Å²) in [6.07, 6.45) is 1.04. The zero-order valence-corrected chi connectivity index (χ0v) is 11.5. The van der Waals surface area contributed by atoms with Crippen LogP contribution in [-0.4, -0.2) is 29.3 Å². The van der Waals surface area contributed by atoms with Crippen molar-refractivity contribution in [2.75, 3.05) is 6.54 Å². The van der Waals surface area contributed by atoms with Crippen LogP contribution in [0, 0.1) is 6.92 Å². The van der Waals surface area contributed by atoms with Crippen molar-refractivity contribution in [2.45, 2.75) is 39.3 Å².